The van der Waals surface area contributed by atoms with Crippen LogP contribution in [0.5, 0.6) is 0 Å². The molecule has 3 aliphatic rings. The van der Waals surface area contributed by atoms with Gasteiger partial charge in [0, 0.05) is 12.8 Å². The first-order chi connectivity index (χ1) is 8.33. The van der Waals surface area contributed by atoms with Crippen LogP contribution in [0, 0.1) is 0 Å². The smallest absolute Gasteiger partial charge is 0.198 e. The Bertz CT molecular complexity index is 302. The molecule has 3 aliphatic heterocycles. The van der Waals surface area contributed by atoms with Gasteiger partial charge in [-0.05, 0) is 40.5 Å². The normalized spacial score (nSPS) is 46.0. The van der Waals surface area contributed by atoms with Crippen LogP contribution in [0.4, 0.5) is 0 Å². The first-order valence-electron chi connectivity index (χ1n) is 7.01. The van der Waals surface area contributed by atoms with Crippen LogP contribution in [0.1, 0.15) is 53.4 Å². The predicted molar refractivity (Wildman–Crippen MR) is 66.2 cm³/mol. The molecular weight excluding hydrogens is 232 g/mol. The maximum Gasteiger partial charge on any atom is 0.198 e. The highest BCUT2D eigenvalue weighted by molar-refractivity contribution is 5.06. The van der Waals surface area contributed by atoms with Crippen molar-refractivity contribution >= 4 is 0 Å². The average molecular weight is 256 g/mol. The number of hydrogen-bond donors (Lipinski definition) is 0. The van der Waals surface area contributed by atoms with E-state index in [0.717, 1.165) is 38.9 Å². The standard InChI is InChI=1S/C14H24O4/c1-11(2)13(7-5-9-15-13)18-12(3,4)14(17-11)8-6-10-16-14/h5-10H2,1-4H3. The van der Waals surface area contributed by atoms with E-state index in [1.807, 2.05) is 0 Å². The summed E-state index contributed by atoms with van der Waals surface area (Å²) >= 11 is 0. The molecular formula is C14H24O4. The van der Waals surface area contributed by atoms with Crippen molar-refractivity contribution in [2.45, 2.75) is 76.2 Å². The summed E-state index contributed by atoms with van der Waals surface area (Å²) in [6, 6.07) is 0. The Morgan fingerprint density at radius 1 is 0.667 bits per heavy atom. The van der Waals surface area contributed by atoms with Crippen LogP contribution in [0.3, 0.4) is 0 Å². The van der Waals surface area contributed by atoms with E-state index in [0.29, 0.717) is 0 Å². The van der Waals surface area contributed by atoms with Crippen molar-refractivity contribution in [1.29, 1.82) is 0 Å². The zero-order valence-electron chi connectivity index (χ0n) is 11.9. The second-order valence-electron chi connectivity index (χ2n) is 6.63. The van der Waals surface area contributed by atoms with Gasteiger partial charge in [0.15, 0.2) is 11.6 Å². The summed E-state index contributed by atoms with van der Waals surface area (Å²) in [5, 5.41) is 0. The molecule has 3 saturated heterocycles. The van der Waals surface area contributed by atoms with E-state index in [9.17, 15) is 0 Å². The third-order valence-electron chi connectivity index (χ3n) is 4.65. The molecule has 2 atom stereocenters. The molecule has 0 amide bonds. The van der Waals surface area contributed by atoms with Crippen molar-refractivity contribution in [2.75, 3.05) is 13.2 Å². The van der Waals surface area contributed by atoms with E-state index >= 15 is 0 Å². The predicted octanol–water partition coefficient (Wildman–Crippen LogP) is 2.60. The van der Waals surface area contributed by atoms with Crippen molar-refractivity contribution in [3.05, 3.63) is 0 Å². The Morgan fingerprint density at radius 2 is 1.06 bits per heavy atom. The third kappa shape index (κ3) is 1.52. The second kappa shape index (κ2) is 3.69. The highest BCUT2D eigenvalue weighted by Crippen LogP contribution is 2.54. The van der Waals surface area contributed by atoms with E-state index in [1.165, 1.54) is 0 Å². The summed E-state index contributed by atoms with van der Waals surface area (Å²) in [7, 11) is 0. The van der Waals surface area contributed by atoms with E-state index in [2.05, 4.69) is 27.7 Å². The molecule has 3 fully saturated rings. The largest absolute Gasteiger partial charge is 0.347 e. The minimum absolute atomic E-state index is 0.483. The summed E-state index contributed by atoms with van der Waals surface area (Å²) in [6.45, 7) is 9.70. The molecule has 0 saturated carbocycles. The molecule has 2 spiro atoms. The van der Waals surface area contributed by atoms with E-state index < -0.39 is 22.8 Å². The molecule has 18 heavy (non-hydrogen) atoms. The fraction of sp³-hybridized carbons (Fsp3) is 1.00. The molecule has 0 aliphatic carbocycles. The number of rotatable bonds is 0. The lowest BCUT2D eigenvalue weighted by molar-refractivity contribution is -0.473. The molecule has 0 bridgehead atoms. The number of hydrogen-bond acceptors (Lipinski definition) is 4. The van der Waals surface area contributed by atoms with Crippen LogP contribution in [0.25, 0.3) is 0 Å². The molecule has 3 heterocycles. The van der Waals surface area contributed by atoms with E-state index in [-0.39, 0.29) is 0 Å². The summed E-state index contributed by atoms with van der Waals surface area (Å²) in [6.07, 6.45) is 3.83. The average Bonchev–Trinajstić information content (AvgIpc) is 2.85. The topological polar surface area (TPSA) is 36.9 Å². The van der Waals surface area contributed by atoms with Gasteiger partial charge in [-0.25, -0.2) is 0 Å². The van der Waals surface area contributed by atoms with Crippen molar-refractivity contribution in [1.82, 2.24) is 0 Å². The van der Waals surface area contributed by atoms with Crippen molar-refractivity contribution in [3.63, 3.8) is 0 Å². The third-order valence-corrected chi connectivity index (χ3v) is 4.65. The molecule has 0 aromatic heterocycles. The molecule has 3 rings (SSSR count). The van der Waals surface area contributed by atoms with Gasteiger partial charge in [-0.1, -0.05) is 0 Å². The monoisotopic (exact) mass is 256 g/mol. The molecule has 4 heteroatoms. The SMILES string of the molecule is CC1(C)OC2(CCCO2)C(C)(C)OC12CCCO2. The summed E-state index contributed by atoms with van der Waals surface area (Å²) in [4.78, 5) is 0. The van der Waals surface area contributed by atoms with E-state index in [1.54, 1.807) is 0 Å². The molecule has 104 valence electrons. The van der Waals surface area contributed by atoms with Crippen LogP contribution >= 0.6 is 0 Å². The zero-order valence-corrected chi connectivity index (χ0v) is 11.9. The van der Waals surface area contributed by atoms with Crippen LogP contribution in [0.15, 0.2) is 0 Å². The summed E-state index contributed by atoms with van der Waals surface area (Å²) < 4.78 is 24.7. The van der Waals surface area contributed by atoms with Gasteiger partial charge in [0.05, 0.1) is 13.2 Å². The fourth-order valence-electron chi connectivity index (χ4n) is 3.56. The fourth-order valence-corrected chi connectivity index (χ4v) is 3.56. The van der Waals surface area contributed by atoms with Gasteiger partial charge in [-0.15, -0.1) is 0 Å². The molecule has 0 aromatic rings. The Kier molecular flexibility index (Phi) is 2.63. The minimum atomic E-state index is -0.617. The Hall–Kier alpha value is -0.160. The van der Waals surface area contributed by atoms with Gasteiger partial charge < -0.3 is 18.9 Å². The highest BCUT2D eigenvalue weighted by atomic mass is 16.8. The molecule has 4 nitrogen and oxygen atoms in total. The van der Waals surface area contributed by atoms with Crippen molar-refractivity contribution < 1.29 is 18.9 Å². The first kappa shape index (κ1) is 12.9. The number of ether oxygens (including phenoxy) is 4. The Labute approximate surface area is 109 Å². The van der Waals surface area contributed by atoms with Gasteiger partial charge in [0.25, 0.3) is 0 Å². The van der Waals surface area contributed by atoms with Crippen molar-refractivity contribution in [2.24, 2.45) is 0 Å². The minimum Gasteiger partial charge on any atom is -0.347 e. The quantitative estimate of drug-likeness (QED) is 0.667. The van der Waals surface area contributed by atoms with E-state index in [4.69, 9.17) is 18.9 Å². The lowest BCUT2D eigenvalue weighted by Crippen LogP contribution is -2.71. The van der Waals surface area contributed by atoms with Crippen LogP contribution in [0.2, 0.25) is 0 Å². The van der Waals surface area contributed by atoms with Gasteiger partial charge in [-0.3, -0.25) is 0 Å². The first-order valence-corrected chi connectivity index (χ1v) is 7.01. The highest BCUT2D eigenvalue weighted by Gasteiger charge is 2.67. The molecule has 0 aromatic carbocycles. The second-order valence-corrected chi connectivity index (χ2v) is 6.63. The molecule has 2 unspecified atom stereocenters. The Morgan fingerprint density at radius 3 is 1.33 bits per heavy atom. The van der Waals surface area contributed by atoms with Crippen LogP contribution < -0.4 is 0 Å². The zero-order chi connectivity index (χ0) is 13.1. The van der Waals surface area contributed by atoms with Gasteiger partial charge in [0.1, 0.15) is 11.2 Å². The van der Waals surface area contributed by atoms with Crippen LogP contribution in [-0.2, 0) is 18.9 Å². The van der Waals surface area contributed by atoms with Crippen molar-refractivity contribution in [3.8, 4) is 0 Å². The van der Waals surface area contributed by atoms with Crippen LogP contribution in [-0.4, -0.2) is 36.0 Å². The summed E-state index contributed by atoms with van der Waals surface area (Å²) in [5.41, 5.74) is -0.966. The lowest BCUT2D eigenvalue weighted by atomic mass is 9.84. The maximum absolute atomic E-state index is 6.40. The molecule has 0 radical (unpaired) electrons. The maximum atomic E-state index is 6.40. The lowest BCUT2D eigenvalue weighted by Gasteiger charge is -2.59. The summed E-state index contributed by atoms with van der Waals surface area (Å²) in [5.74, 6) is -1.23. The van der Waals surface area contributed by atoms with Gasteiger partial charge >= 0.3 is 0 Å². The Balaban J connectivity index is 1.97. The van der Waals surface area contributed by atoms with Gasteiger partial charge in [-0.2, -0.15) is 0 Å². The molecule has 0 N–H and O–H groups in total. The van der Waals surface area contributed by atoms with Gasteiger partial charge in [0.2, 0.25) is 0 Å².